The summed E-state index contributed by atoms with van der Waals surface area (Å²) in [5.74, 6) is 1.42. The van der Waals surface area contributed by atoms with Crippen LogP contribution in [-0.2, 0) is 6.67 Å². The molecule has 0 N–H and O–H groups in total. The summed E-state index contributed by atoms with van der Waals surface area (Å²) in [6.07, 6.45) is 3.69. The van der Waals surface area contributed by atoms with Crippen molar-refractivity contribution < 1.29 is 9.13 Å². The van der Waals surface area contributed by atoms with Gasteiger partial charge in [0.2, 0.25) is 0 Å². The van der Waals surface area contributed by atoms with Crippen LogP contribution in [0.3, 0.4) is 0 Å². The summed E-state index contributed by atoms with van der Waals surface area (Å²) < 4.78 is 17.9. The Kier molecular flexibility index (Phi) is 5.91. The van der Waals surface area contributed by atoms with E-state index in [1.54, 1.807) is 12.1 Å². The van der Waals surface area contributed by atoms with Crippen molar-refractivity contribution in [2.24, 2.45) is 5.92 Å². The Hall–Kier alpha value is -1.05. The summed E-state index contributed by atoms with van der Waals surface area (Å²) in [4.78, 5) is 0. The summed E-state index contributed by atoms with van der Waals surface area (Å²) in [6, 6.07) is 7.21. The molecule has 2 heteroatoms. The molecule has 90 valence electrons. The lowest BCUT2D eigenvalue weighted by Gasteiger charge is -2.12. The van der Waals surface area contributed by atoms with Gasteiger partial charge in [-0.15, -0.1) is 0 Å². The van der Waals surface area contributed by atoms with Gasteiger partial charge in [-0.1, -0.05) is 38.8 Å². The SMILES string of the molecule is CCCC[C@H](C)COc1ccc(CF)cc1. The first kappa shape index (κ1) is 13.0. The molecule has 0 aliphatic heterocycles. The molecule has 0 amide bonds. The lowest BCUT2D eigenvalue weighted by Crippen LogP contribution is -2.08. The highest BCUT2D eigenvalue weighted by atomic mass is 19.1. The van der Waals surface area contributed by atoms with E-state index in [1.165, 1.54) is 19.3 Å². The van der Waals surface area contributed by atoms with Gasteiger partial charge in [0.25, 0.3) is 0 Å². The van der Waals surface area contributed by atoms with Gasteiger partial charge in [0.1, 0.15) is 12.4 Å². The lowest BCUT2D eigenvalue weighted by atomic mass is 10.1. The summed E-state index contributed by atoms with van der Waals surface area (Å²) in [5.41, 5.74) is 0.700. The molecule has 0 radical (unpaired) electrons. The molecule has 1 nitrogen and oxygen atoms in total. The van der Waals surface area contributed by atoms with Crippen molar-refractivity contribution in [3.63, 3.8) is 0 Å². The van der Waals surface area contributed by atoms with E-state index in [-0.39, 0.29) is 0 Å². The number of rotatable bonds is 7. The van der Waals surface area contributed by atoms with Gasteiger partial charge in [-0.3, -0.25) is 0 Å². The number of benzene rings is 1. The van der Waals surface area contributed by atoms with Crippen LogP contribution in [-0.4, -0.2) is 6.61 Å². The van der Waals surface area contributed by atoms with Crippen LogP contribution >= 0.6 is 0 Å². The summed E-state index contributed by atoms with van der Waals surface area (Å²) >= 11 is 0. The molecular formula is C14H21FO. The number of hydrogen-bond acceptors (Lipinski definition) is 1. The Bertz CT molecular complexity index is 281. The first-order chi connectivity index (χ1) is 7.76. The Balaban J connectivity index is 2.30. The molecule has 0 saturated heterocycles. The Morgan fingerprint density at radius 1 is 1.25 bits per heavy atom. The maximum Gasteiger partial charge on any atom is 0.119 e. The van der Waals surface area contributed by atoms with Gasteiger partial charge in [0.05, 0.1) is 6.61 Å². The zero-order chi connectivity index (χ0) is 11.8. The van der Waals surface area contributed by atoms with Crippen LogP contribution in [0.15, 0.2) is 24.3 Å². The van der Waals surface area contributed by atoms with Crippen molar-refractivity contribution in [3.05, 3.63) is 29.8 Å². The second-order valence-corrected chi connectivity index (χ2v) is 4.34. The van der Waals surface area contributed by atoms with Crippen LogP contribution in [0.4, 0.5) is 4.39 Å². The minimum Gasteiger partial charge on any atom is -0.493 e. The van der Waals surface area contributed by atoms with E-state index in [4.69, 9.17) is 4.74 Å². The third kappa shape index (κ3) is 4.65. The number of ether oxygens (including phenoxy) is 1. The van der Waals surface area contributed by atoms with E-state index in [9.17, 15) is 4.39 Å². The molecular weight excluding hydrogens is 203 g/mol. The van der Waals surface area contributed by atoms with Crippen molar-refractivity contribution >= 4 is 0 Å². The minimum absolute atomic E-state index is 0.410. The maximum absolute atomic E-state index is 12.3. The molecule has 1 rings (SSSR count). The molecule has 0 aliphatic rings. The van der Waals surface area contributed by atoms with E-state index < -0.39 is 6.67 Å². The molecule has 0 aromatic heterocycles. The molecule has 0 saturated carbocycles. The fourth-order valence-corrected chi connectivity index (χ4v) is 1.55. The smallest absolute Gasteiger partial charge is 0.119 e. The predicted octanol–water partition coefficient (Wildman–Crippen LogP) is 4.36. The van der Waals surface area contributed by atoms with Gasteiger partial charge in [0, 0.05) is 0 Å². The normalized spacial score (nSPS) is 12.4. The fourth-order valence-electron chi connectivity index (χ4n) is 1.55. The highest BCUT2D eigenvalue weighted by Crippen LogP contribution is 2.15. The quantitative estimate of drug-likeness (QED) is 0.668. The van der Waals surface area contributed by atoms with Gasteiger partial charge in [-0.05, 0) is 30.0 Å². The molecule has 0 spiro atoms. The Labute approximate surface area is 97.6 Å². The number of unbranched alkanes of at least 4 members (excludes halogenated alkanes) is 1. The largest absolute Gasteiger partial charge is 0.493 e. The first-order valence-electron chi connectivity index (χ1n) is 6.04. The van der Waals surface area contributed by atoms with Crippen LogP contribution in [0.25, 0.3) is 0 Å². The highest BCUT2D eigenvalue weighted by molar-refractivity contribution is 5.26. The van der Waals surface area contributed by atoms with Crippen LogP contribution in [0.2, 0.25) is 0 Å². The van der Waals surface area contributed by atoms with Gasteiger partial charge in [-0.25, -0.2) is 4.39 Å². The summed E-state index contributed by atoms with van der Waals surface area (Å²) in [7, 11) is 0. The van der Waals surface area contributed by atoms with Crippen LogP contribution < -0.4 is 4.74 Å². The Morgan fingerprint density at radius 2 is 1.94 bits per heavy atom. The monoisotopic (exact) mass is 224 g/mol. The third-order valence-electron chi connectivity index (χ3n) is 2.66. The first-order valence-corrected chi connectivity index (χ1v) is 6.04. The second kappa shape index (κ2) is 7.26. The van der Waals surface area contributed by atoms with E-state index in [0.717, 1.165) is 12.4 Å². The molecule has 1 atom stereocenters. The summed E-state index contributed by atoms with van der Waals surface area (Å²) in [5, 5.41) is 0. The van der Waals surface area contributed by atoms with Gasteiger partial charge >= 0.3 is 0 Å². The molecule has 0 unspecified atom stereocenters. The average Bonchev–Trinajstić information content (AvgIpc) is 2.34. The second-order valence-electron chi connectivity index (χ2n) is 4.34. The zero-order valence-electron chi connectivity index (χ0n) is 10.2. The van der Waals surface area contributed by atoms with Gasteiger partial charge < -0.3 is 4.74 Å². The highest BCUT2D eigenvalue weighted by Gasteiger charge is 2.02. The third-order valence-corrected chi connectivity index (χ3v) is 2.66. The lowest BCUT2D eigenvalue weighted by molar-refractivity contribution is 0.249. The molecule has 0 aliphatic carbocycles. The van der Waals surface area contributed by atoms with E-state index in [0.29, 0.717) is 11.5 Å². The van der Waals surface area contributed by atoms with Crippen molar-refractivity contribution in [1.29, 1.82) is 0 Å². The molecule has 0 heterocycles. The van der Waals surface area contributed by atoms with Crippen molar-refractivity contribution in [1.82, 2.24) is 0 Å². The average molecular weight is 224 g/mol. The van der Waals surface area contributed by atoms with E-state index in [2.05, 4.69) is 13.8 Å². The molecule has 1 aromatic carbocycles. The number of alkyl halides is 1. The molecule has 1 aromatic rings. The molecule has 16 heavy (non-hydrogen) atoms. The maximum atomic E-state index is 12.3. The standard InChI is InChI=1S/C14H21FO/c1-3-4-5-12(2)11-16-14-8-6-13(10-15)7-9-14/h6-9,12H,3-5,10-11H2,1-2H3/t12-/m0/s1. The van der Waals surface area contributed by atoms with Crippen molar-refractivity contribution in [2.45, 2.75) is 39.8 Å². The van der Waals surface area contributed by atoms with Gasteiger partial charge in [-0.2, -0.15) is 0 Å². The zero-order valence-corrected chi connectivity index (χ0v) is 10.2. The van der Waals surface area contributed by atoms with Crippen molar-refractivity contribution in [3.8, 4) is 5.75 Å². The van der Waals surface area contributed by atoms with E-state index >= 15 is 0 Å². The van der Waals surface area contributed by atoms with Crippen molar-refractivity contribution in [2.75, 3.05) is 6.61 Å². The van der Waals surface area contributed by atoms with Crippen LogP contribution in [0.5, 0.6) is 5.75 Å². The van der Waals surface area contributed by atoms with Crippen LogP contribution in [0.1, 0.15) is 38.7 Å². The van der Waals surface area contributed by atoms with Gasteiger partial charge in [0.15, 0.2) is 0 Å². The topological polar surface area (TPSA) is 9.23 Å². The van der Waals surface area contributed by atoms with Crippen LogP contribution in [0, 0.1) is 5.92 Å². The fraction of sp³-hybridized carbons (Fsp3) is 0.571. The Morgan fingerprint density at radius 3 is 2.50 bits per heavy atom. The van der Waals surface area contributed by atoms with E-state index in [1.807, 2.05) is 12.1 Å². The summed E-state index contributed by atoms with van der Waals surface area (Å²) in [6.45, 7) is 4.73. The number of halogens is 1. The molecule has 0 bridgehead atoms. The predicted molar refractivity (Wildman–Crippen MR) is 65.4 cm³/mol. The molecule has 0 fully saturated rings. The minimum atomic E-state index is -0.410. The number of hydrogen-bond donors (Lipinski definition) is 0.